The van der Waals surface area contributed by atoms with E-state index in [4.69, 9.17) is 9.31 Å². The van der Waals surface area contributed by atoms with E-state index in [1.54, 1.807) is 18.1 Å². The molecule has 0 bridgehead atoms. The minimum atomic E-state index is -0.455. The molecule has 1 aromatic rings. The van der Waals surface area contributed by atoms with E-state index in [0.29, 0.717) is 6.42 Å². The fourth-order valence-electron chi connectivity index (χ4n) is 2.18. The van der Waals surface area contributed by atoms with Crippen molar-refractivity contribution in [3.63, 3.8) is 0 Å². The molecule has 1 heterocycles. The Bertz CT molecular complexity index is 444. The zero-order valence-electron chi connectivity index (χ0n) is 11.1. The van der Waals surface area contributed by atoms with Gasteiger partial charge in [-0.1, -0.05) is 18.1 Å². The van der Waals surface area contributed by atoms with Crippen molar-refractivity contribution in [1.82, 2.24) is 0 Å². The predicted molar refractivity (Wildman–Crippen MR) is 70.7 cm³/mol. The third kappa shape index (κ3) is 2.35. The Balaban J connectivity index is 2.21. The summed E-state index contributed by atoms with van der Waals surface area (Å²) in [5, 5.41) is 0. The Kier molecular flexibility index (Phi) is 3.34. The summed E-state index contributed by atoms with van der Waals surface area (Å²) >= 11 is 0. The topological polar surface area (TPSA) is 18.5 Å². The third-order valence-corrected chi connectivity index (χ3v) is 3.71. The molecule has 0 radical (unpaired) electrons. The van der Waals surface area contributed by atoms with Gasteiger partial charge in [0.05, 0.1) is 11.2 Å². The van der Waals surface area contributed by atoms with Crippen molar-refractivity contribution in [2.75, 3.05) is 0 Å². The average molecular weight is 248 g/mol. The highest BCUT2D eigenvalue weighted by molar-refractivity contribution is 6.51. The molecule has 1 fully saturated rings. The Labute approximate surface area is 108 Å². The molecule has 0 aromatic heterocycles. The maximum atomic E-state index is 12.9. The van der Waals surface area contributed by atoms with Gasteiger partial charge in [0.1, 0.15) is 5.82 Å². The van der Waals surface area contributed by atoms with Crippen LogP contribution in [-0.2, 0) is 15.7 Å². The summed E-state index contributed by atoms with van der Waals surface area (Å²) < 4.78 is 24.6. The Morgan fingerprint density at radius 2 is 1.83 bits per heavy atom. The fraction of sp³-hybridized carbons (Fsp3) is 0.429. The van der Waals surface area contributed by atoms with Crippen LogP contribution < -0.4 is 0 Å². The van der Waals surface area contributed by atoms with Gasteiger partial charge in [0.15, 0.2) is 0 Å². The Morgan fingerprint density at radius 3 is 2.33 bits per heavy atom. The second-order valence-corrected chi connectivity index (χ2v) is 5.38. The normalized spacial score (nSPS) is 26.3. The molecular formula is C14H18BFO2. The van der Waals surface area contributed by atoms with Gasteiger partial charge in [0, 0.05) is 6.42 Å². The minimum Gasteiger partial charge on any atom is -0.400 e. The molecule has 0 N–H and O–H groups in total. The van der Waals surface area contributed by atoms with Crippen LogP contribution in [0, 0.1) is 5.82 Å². The summed E-state index contributed by atoms with van der Waals surface area (Å²) in [6, 6.07) is 6.49. The quantitative estimate of drug-likeness (QED) is 0.765. The molecule has 96 valence electrons. The molecule has 2 rings (SSSR count). The molecule has 1 saturated heterocycles. The molecule has 1 aliphatic heterocycles. The summed E-state index contributed by atoms with van der Waals surface area (Å²) in [5.74, 6) is 1.42. The first-order valence-electron chi connectivity index (χ1n) is 6.09. The SMILES string of the molecule is C=CB1OC(C)(C)C(C)(Cc2ccc(F)cc2)O1. The highest BCUT2D eigenvalue weighted by Gasteiger charge is 2.52. The van der Waals surface area contributed by atoms with Crippen LogP contribution in [0.4, 0.5) is 4.39 Å². The molecule has 0 saturated carbocycles. The van der Waals surface area contributed by atoms with Gasteiger partial charge in [-0.15, -0.1) is 6.58 Å². The minimum absolute atomic E-state index is 0.226. The molecule has 1 aliphatic rings. The van der Waals surface area contributed by atoms with Crippen molar-refractivity contribution >= 4 is 7.12 Å². The number of hydrogen-bond acceptors (Lipinski definition) is 2. The van der Waals surface area contributed by atoms with Crippen molar-refractivity contribution in [2.24, 2.45) is 0 Å². The lowest BCUT2D eigenvalue weighted by Gasteiger charge is -2.36. The molecule has 0 spiro atoms. The van der Waals surface area contributed by atoms with E-state index in [0.717, 1.165) is 5.56 Å². The molecule has 1 atom stereocenters. The number of halogens is 1. The van der Waals surface area contributed by atoms with Gasteiger partial charge < -0.3 is 9.31 Å². The predicted octanol–water partition coefficient (Wildman–Crippen LogP) is 3.17. The number of rotatable bonds is 3. The Morgan fingerprint density at radius 1 is 1.22 bits per heavy atom. The average Bonchev–Trinajstić information content (AvgIpc) is 2.53. The lowest BCUT2D eigenvalue weighted by molar-refractivity contribution is -0.00878. The van der Waals surface area contributed by atoms with Crippen LogP contribution in [0.2, 0.25) is 0 Å². The van der Waals surface area contributed by atoms with E-state index >= 15 is 0 Å². The van der Waals surface area contributed by atoms with E-state index in [9.17, 15) is 4.39 Å². The van der Waals surface area contributed by atoms with Gasteiger partial charge in [-0.25, -0.2) is 4.39 Å². The molecule has 2 nitrogen and oxygen atoms in total. The lowest BCUT2D eigenvalue weighted by Crippen LogP contribution is -2.46. The van der Waals surface area contributed by atoms with E-state index in [1.807, 2.05) is 20.8 Å². The fourth-order valence-corrected chi connectivity index (χ4v) is 2.18. The summed E-state index contributed by atoms with van der Waals surface area (Å²) in [6.45, 7) is 9.71. The molecule has 18 heavy (non-hydrogen) atoms. The van der Waals surface area contributed by atoms with Crippen molar-refractivity contribution in [1.29, 1.82) is 0 Å². The molecule has 4 heteroatoms. The number of benzene rings is 1. The van der Waals surface area contributed by atoms with Crippen LogP contribution in [-0.4, -0.2) is 18.3 Å². The lowest BCUT2D eigenvalue weighted by atomic mass is 9.82. The smallest absolute Gasteiger partial charge is 0.400 e. The largest absolute Gasteiger partial charge is 0.486 e. The zero-order chi connectivity index (χ0) is 13.4. The van der Waals surface area contributed by atoms with Gasteiger partial charge >= 0.3 is 7.12 Å². The van der Waals surface area contributed by atoms with Gasteiger partial charge in [-0.3, -0.25) is 0 Å². The van der Waals surface area contributed by atoms with E-state index < -0.39 is 11.2 Å². The molecule has 0 amide bonds. The second-order valence-electron chi connectivity index (χ2n) is 5.38. The molecule has 0 aliphatic carbocycles. The summed E-state index contributed by atoms with van der Waals surface area (Å²) in [7, 11) is -0.384. The highest BCUT2D eigenvalue weighted by Crippen LogP contribution is 2.39. The summed E-state index contributed by atoms with van der Waals surface area (Å²) in [5.41, 5.74) is 0.157. The molecule has 1 unspecified atom stereocenters. The standard InChI is InChI=1S/C14H18BFO2/c1-5-15-17-13(2,3)14(4,18-15)10-11-6-8-12(16)9-7-11/h5-9H,1,10H2,2-4H3. The third-order valence-electron chi connectivity index (χ3n) is 3.71. The van der Waals surface area contributed by atoms with Crippen LogP contribution in [0.1, 0.15) is 26.3 Å². The first kappa shape index (κ1) is 13.3. The van der Waals surface area contributed by atoms with Gasteiger partial charge in [-0.05, 0) is 38.5 Å². The maximum Gasteiger partial charge on any atom is 0.486 e. The monoisotopic (exact) mass is 248 g/mol. The van der Waals surface area contributed by atoms with E-state index in [-0.39, 0.29) is 12.9 Å². The van der Waals surface area contributed by atoms with Gasteiger partial charge in [0.25, 0.3) is 0 Å². The van der Waals surface area contributed by atoms with Gasteiger partial charge in [-0.2, -0.15) is 0 Å². The summed E-state index contributed by atoms with van der Waals surface area (Å²) in [4.78, 5) is 0. The van der Waals surface area contributed by atoms with Crippen LogP contribution in [0.3, 0.4) is 0 Å². The van der Waals surface area contributed by atoms with E-state index in [2.05, 4.69) is 6.58 Å². The molecular weight excluding hydrogens is 230 g/mol. The van der Waals surface area contributed by atoms with Crippen molar-refractivity contribution in [3.05, 3.63) is 48.2 Å². The maximum absolute atomic E-state index is 12.9. The number of hydrogen-bond donors (Lipinski definition) is 0. The van der Waals surface area contributed by atoms with Crippen molar-refractivity contribution in [3.8, 4) is 0 Å². The van der Waals surface area contributed by atoms with Crippen LogP contribution in [0.25, 0.3) is 0 Å². The van der Waals surface area contributed by atoms with Crippen molar-refractivity contribution in [2.45, 2.75) is 38.4 Å². The van der Waals surface area contributed by atoms with Crippen molar-refractivity contribution < 1.29 is 13.7 Å². The first-order valence-corrected chi connectivity index (χ1v) is 6.09. The highest BCUT2D eigenvalue weighted by atomic mass is 19.1. The Hall–Kier alpha value is -1.13. The van der Waals surface area contributed by atoms with E-state index in [1.165, 1.54) is 12.1 Å². The second kappa shape index (κ2) is 4.52. The first-order chi connectivity index (χ1) is 8.36. The van der Waals surface area contributed by atoms with Crippen LogP contribution in [0.5, 0.6) is 0 Å². The molecule has 1 aromatic carbocycles. The van der Waals surface area contributed by atoms with Crippen LogP contribution >= 0.6 is 0 Å². The summed E-state index contributed by atoms with van der Waals surface area (Å²) in [6.07, 6.45) is 0.671. The zero-order valence-corrected chi connectivity index (χ0v) is 11.1. The van der Waals surface area contributed by atoms with Crippen LogP contribution in [0.15, 0.2) is 36.8 Å². The van der Waals surface area contributed by atoms with Gasteiger partial charge in [0.2, 0.25) is 0 Å².